The number of nitrogens with zero attached hydrogens (tertiary/aromatic N) is 2. The summed E-state index contributed by atoms with van der Waals surface area (Å²) in [6.07, 6.45) is 1.73. The van der Waals surface area contributed by atoms with E-state index >= 15 is 0 Å². The second kappa shape index (κ2) is 9.94. The van der Waals surface area contributed by atoms with Crippen LogP contribution < -0.4 is 5.32 Å². The van der Waals surface area contributed by atoms with Crippen LogP contribution in [0.4, 0.5) is 10.5 Å². The Morgan fingerprint density at radius 2 is 1.68 bits per heavy atom. The van der Waals surface area contributed by atoms with Crippen LogP contribution in [-0.4, -0.2) is 47.9 Å². The lowest BCUT2D eigenvalue weighted by Gasteiger charge is -2.35. The van der Waals surface area contributed by atoms with E-state index < -0.39 is 0 Å². The lowest BCUT2D eigenvalue weighted by Crippen LogP contribution is -2.48. The van der Waals surface area contributed by atoms with Gasteiger partial charge >= 0.3 is 6.03 Å². The quantitative estimate of drug-likeness (QED) is 0.743. The third-order valence-electron chi connectivity index (χ3n) is 5.74. The number of urea groups is 1. The summed E-state index contributed by atoms with van der Waals surface area (Å²) in [5.41, 5.74) is 3.26. The summed E-state index contributed by atoms with van der Waals surface area (Å²) >= 11 is 0. The minimum Gasteiger partial charge on any atom is -0.343 e. The van der Waals surface area contributed by atoms with Crippen LogP contribution in [0.5, 0.6) is 0 Å². The van der Waals surface area contributed by atoms with E-state index in [1.807, 2.05) is 23.6 Å². The summed E-state index contributed by atoms with van der Waals surface area (Å²) in [6.45, 7) is 15.2. The smallest absolute Gasteiger partial charge is 0.321 e. The highest BCUT2D eigenvalue weighted by Crippen LogP contribution is 2.33. The molecule has 0 saturated carbocycles. The largest absolute Gasteiger partial charge is 0.343 e. The number of rotatable bonds is 6. The first-order valence-electron chi connectivity index (χ1n) is 10.8. The van der Waals surface area contributed by atoms with E-state index in [2.05, 4.69) is 51.2 Å². The maximum Gasteiger partial charge on any atom is 0.321 e. The molecule has 1 aliphatic rings. The van der Waals surface area contributed by atoms with Crippen LogP contribution in [0.3, 0.4) is 0 Å². The first-order chi connectivity index (χ1) is 13.3. The van der Waals surface area contributed by atoms with Crippen LogP contribution in [0.1, 0.15) is 77.3 Å². The van der Waals surface area contributed by atoms with Crippen molar-refractivity contribution in [2.45, 2.75) is 66.2 Å². The van der Waals surface area contributed by atoms with Gasteiger partial charge in [0.25, 0.3) is 0 Å². The van der Waals surface area contributed by atoms with Gasteiger partial charge in [-0.1, -0.05) is 45.9 Å². The molecule has 156 valence electrons. The Morgan fingerprint density at radius 1 is 1.11 bits per heavy atom. The number of amides is 3. The predicted octanol–water partition coefficient (Wildman–Crippen LogP) is 5.05. The second-order valence-electron chi connectivity index (χ2n) is 8.35. The summed E-state index contributed by atoms with van der Waals surface area (Å²) < 4.78 is 0. The van der Waals surface area contributed by atoms with Crippen molar-refractivity contribution in [1.29, 1.82) is 0 Å². The van der Waals surface area contributed by atoms with Gasteiger partial charge in [-0.3, -0.25) is 4.79 Å². The first kappa shape index (κ1) is 22.3. The Bertz CT molecular complexity index is 654. The number of nitrogens with one attached hydrogen (secondary N) is 1. The summed E-state index contributed by atoms with van der Waals surface area (Å²) in [4.78, 5) is 29.5. The van der Waals surface area contributed by atoms with Crippen LogP contribution >= 0.6 is 0 Å². The average molecular weight is 388 g/mol. The number of likely N-dealkylation sites (tertiary alicyclic amines) is 1. The normalized spacial score (nSPS) is 17.1. The van der Waals surface area contributed by atoms with Gasteiger partial charge in [0.05, 0.1) is 5.92 Å². The fraction of sp³-hybridized carbons (Fsp3) is 0.652. The van der Waals surface area contributed by atoms with Crippen molar-refractivity contribution in [1.82, 2.24) is 9.80 Å². The Labute approximate surface area is 170 Å². The Hall–Kier alpha value is -2.04. The molecule has 5 heteroatoms. The maximum absolute atomic E-state index is 13.1. The SMILES string of the molecule is CCN(CC)C(=O)C1CCCN(C(=O)Nc2c(C(C)C)cccc2C(C)C)C1. The molecule has 1 aliphatic heterocycles. The fourth-order valence-corrected chi connectivity index (χ4v) is 4.04. The highest BCUT2D eigenvalue weighted by atomic mass is 16.2. The molecule has 1 aromatic rings. The maximum atomic E-state index is 13.1. The van der Waals surface area contributed by atoms with Crippen molar-refractivity contribution < 1.29 is 9.59 Å². The Balaban J connectivity index is 2.18. The highest BCUT2D eigenvalue weighted by molar-refractivity contribution is 5.92. The second-order valence-corrected chi connectivity index (χ2v) is 8.35. The molecule has 1 heterocycles. The van der Waals surface area contributed by atoms with E-state index in [1.165, 1.54) is 0 Å². The molecule has 1 N–H and O–H groups in total. The van der Waals surface area contributed by atoms with Crippen molar-refractivity contribution in [3.63, 3.8) is 0 Å². The van der Waals surface area contributed by atoms with Gasteiger partial charge in [-0.15, -0.1) is 0 Å². The van der Waals surface area contributed by atoms with Crippen LogP contribution in [0.15, 0.2) is 18.2 Å². The number of benzene rings is 1. The number of piperidine rings is 1. The molecule has 3 amide bonds. The Kier molecular flexibility index (Phi) is 7.90. The van der Waals surface area contributed by atoms with Gasteiger partial charge in [0.2, 0.25) is 5.91 Å². The van der Waals surface area contributed by atoms with E-state index in [4.69, 9.17) is 0 Å². The molecule has 1 unspecified atom stereocenters. The molecule has 0 aliphatic carbocycles. The zero-order valence-corrected chi connectivity index (χ0v) is 18.4. The van der Waals surface area contributed by atoms with E-state index in [9.17, 15) is 9.59 Å². The van der Waals surface area contributed by atoms with Crippen LogP contribution in [0.2, 0.25) is 0 Å². The van der Waals surface area contributed by atoms with Gasteiger partial charge in [-0.2, -0.15) is 0 Å². The van der Waals surface area contributed by atoms with Gasteiger partial charge < -0.3 is 15.1 Å². The number of carbonyl (C=O) groups excluding carboxylic acids is 2. The van der Waals surface area contributed by atoms with Gasteiger partial charge in [0.15, 0.2) is 0 Å². The number of carbonyl (C=O) groups is 2. The number of hydrogen-bond donors (Lipinski definition) is 1. The summed E-state index contributed by atoms with van der Waals surface area (Å²) in [6, 6.07) is 6.16. The first-order valence-corrected chi connectivity index (χ1v) is 10.8. The van der Waals surface area contributed by atoms with Crippen molar-refractivity contribution in [2.75, 3.05) is 31.5 Å². The van der Waals surface area contributed by atoms with Crippen LogP contribution in [-0.2, 0) is 4.79 Å². The van der Waals surface area contributed by atoms with Crippen molar-refractivity contribution in [3.8, 4) is 0 Å². The van der Waals surface area contributed by atoms with E-state index in [0.29, 0.717) is 24.9 Å². The summed E-state index contributed by atoms with van der Waals surface area (Å²) in [5, 5.41) is 3.19. The summed E-state index contributed by atoms with van der Waals surface area (Å²) in [7, 11) is 0. The van der Waals surface area contributed by atoms with E-state index in [0.717, 1.165) is 42.7 Å². The lowest BCUT2D eigenvalue weighted by molar-refractivity contribution is -0.136. The zero-order valence-electron chi connectivity index (χ0n) is 18.4. The number of para-hydroxylation sites is 1. The van der Waals surface area contributed by atoms with Crippen molar-refractivity contribution >= 4 is 17.6 Å². The number of hydrogen-bond acceptors (Lipinski definition) is 2. The molecule has 0 radical (unpaired) electrons. The fourth-order valence-electron chi connectivity index (χ4n) is 4.04. The molecule has 0 bridgehead atoms. The molecule has 28 heavy (non-hydrogen) atoms. The van der Waals surface area contributed by atoms with Gasteiger partial charge in [0, 0.05) is 31.9 Å². The minimum atomic E-state index is -0.0932. The van der Waals surface area contributed by atoms with Crippen molar-refractivity contribution in [2.24, 2.45) is 5.92 Å². The molecule has 1 atom stereocenters. The molecule has 5 nitrogen and oxygen atoms in total. The van der Waals surface area contributed by atoms with E-state index in [1.54, 1.807) is 0 Å². The predicted molar refractivity (Wildman–Crippen MR) is 116 cm³/mol. The molecule has 1 fully saturated rings. The standard InChI is InChI=1S/C23H37N3O2/c1-7-25(8-2)22(27)18-11-10-14-26(15-18)23(28)24-21-19(16(3)4)12-9-13-20(21)17(5)6/h9,12-13,16-18H,7-8,10-11,14-15H2,1-6H3,(H,24,28). The number of anilines is 1. The average Bonchev–Trinajstić information content (AvgIpc) is 2.68. The third kappa shape index (κ3) is 5.06. The molecule has 0 spiro atoms. The Morgan fingerprint density at radius 3 is 2.18 bits per heavy atom. The highest BCUT2D eigenvalue weighted by Gasteiger charge is 2.31. The van der Waals surface area contributed by atoms with Gasteiger partial charge in [0.1, 0.15) is 0 Å². The topological polar surface area (TPSA) is 52.7 Å². The molecular weight excluding hydrogens is 350 g/mol. The molecule has 0 aromatic heterocycles. The third-order valence-corrected chi connectivity index (χ3v) is 5.74. The van der Waals surface area contributed by atoms with E-state index in [-0.39, 0.29) is 17.9 Å². The van der Waals surface area contributed by atoms with Gasteiger partial charge in [-0.25, -0.2) is 4.79 Å². The van der Waals surface area contributed by atoms with Crippen molar-refractivity contribution in [3.05, 3.63) is 29.3 Å². The molecule has 1 aromatic carbocycles. The monoisotopic (exact) mass is 387 g/mol. The van der Waals surface area contributed by atoms with Gasteiger partial charge in [-0.05, 0) is 49.7 Å². The van der Waals surface area contributed by atoms with Crippen LogP contribution in [0, 0.1) is 5.92 Å². The van der Waals surface area contributed by atoms with Crippen LogP contribution in [0.25, 0.3) is 0 Å². The lowest BCUT2D eigenvalue weighted by atomic mass is 9.92. The molecular formula is C23H37N3O2. The molecule has 1 saturated heterocycles. The molecule has 2 rings (SSSR count). The zero-order chi connectivity index (χ0) is 20.8. The minimum absolute atomic E-state index is 0.0907. The summed E-state index contributed by atoms with van der Waals surface area (Å²) in [5.74, 6) is 0.733.